The summed E-state index contributed by atoms with van der Waals surface area (Å²) in [6.45, 7) is 6.12. The van der Waals surface area contributed by atoms with Crippen LogP contribution >= 0.6 is 12.2 Å². The molecule has 1 aromatic carbocycles. The molecule has 5 heteroatoms. The topological polar surface area (TPSA) is 33.3 Å². The Hall–Kier alpha value is -2.53. The van der Waals surface area contributed by atoms with Gasteiger partial charge in [-0.25, -0.2) is 0 Å². The number of fused-ring (bicyclic) bond motifs is 1. The van der Waals surface area contributed by atoms with Crippen LogP contribution in [0.3, 0.4) is 0 Å². The standard InChI is InChI=1S/C22H25N3OS/c1-3-16-8-5-9-17(4-2)20(16)23-22(27)25-14-13-24-12-6-10-18(24)21(25)19-11-7-15-26-19/h5-12,15,21H,3-4,13-14H2,1-2H3,(H,23,27). The second-order valence-electron chi connectivity index (χ2n) is 6.83. The van der Waals surface area contributed by atoms with Crippen molar-refractivity contribution in [3.8, 4) is 0 Å². The van der Waals surface area contributed by atoms with E-state index >= 15 is 0 Å². The molecule has 1 aliphatic rings. The fraction of sp³-hybridized carbons (Fsp3) is 0.318. The molecule has 3 aromatic rings. The van der Waals surface area contributed by atoms with Gasteiger partial charge >= 0.3 is 0 Å². The van der Waals surface area contributed by atoms with Crippen molar-refractivity contribution in [1.29, 1.82) is 0 Å². The first-order valence-electron chi connectivity index (χ1n) is 9.59. The number of nitrogens with one attached hydrogen (secondary N) is 1. The Morgan fingerprint density at radius 1 is 1.07 bits per heavy atom. The smallest absolute Gasteiger partial charge is 0.174 e. The van der Waals surface area contributed by atoms with Crippen molar-refractivity contribution in [2.24, 2.45) is 0 Å². The second kappa shape index (κ2) is 7.61. The molecule has 0 spiro atoms. The minimum absolute atomic E-state index is 0.0115. The minimum Gasteiger partial charge on any atom is -0.467 e. The van der Waals surface area contributed by atoms with E-state index in [4.69, 9.17) is 16.6 Å². The van der Waals surface area contributed by atoms with Crippen molar-refractivity contribution in [2.75, 3.05) is 11.9 Å². The van der Waals surface area contributed by atoms with Crippen LogP contribution in [0.4, 0.5) is 5.69 Å². The van der Waals surface area contributed by atoms with Crippen LogP contribution in [0.2, 0.25) is 0 Å². The van der Waals surface area contributed by atoms with Crippen molar-refractivity contribution in [3.05, 3.63) is 77.5 Å². The third kappa shape index (κ3) is 3.28. The van der Waals surface area contributed by atoms with Gasteiger partial charge in [0.05, 0.1) is 6.26 Å². The molecular weight excluding hydrogens is 354 g/mol. The summed E-state index contributed by atoms with van der Waals surface area (Å²) in [4.78, 5) is 2.25. The Morgan fingerprint density at radius 3 is 2.52 bits per heavy atom. The molecule has 1 unspecified atom stereocenters. The monoisotopic (exact) mass is 379 g/mol. The molecule has 3 heterocycles. The Labute approximate surface area is 165 Å². The van der Waals surface area contributed by atoms with Crippen LogP contribution in [0.25, 0.3) is 0 Å². The predicted octanol–water partition coefficient (Wildman–Crippen LogP) is 5.01. The van der Waals surface area contributed by atoms with Gasteiger partial charge in [0, 0.05) is 30.7 Å². The number of hydrogen-bond acceptors (Lipinski definition) is 2. The highest BCUT2D eigenvalue weighted by molar-refractivity contribution is 7.80. The van der Waals surface area contributed by atoms with E-state index in [0.717, 1.165) is 42.5 Å². The van der Waals surface area contributed by atoms with Crippen LogP contribution in [0.1, 0.15) is 42.5 Å². The average Bonchev–Trinajstić information content (AvgIpc) is 3.38. The molecule has 1 atom stereocenters. The average molecular weight is 380 g/mol. The molecule has 4 nitrogen and oxygen atoms in total. The Kier molecular flexibility index (Phi) is 5.03. The van der Waals surface area contributed by atoms with Gasteiger partial charge in [-0.15, -0.1) is 0 Å². The first kappa shape index (κ1) is 17.9. The van der Waals surface area contributed by atoms with Gasteiger partial charge in [-0.2, -0.15) is 0 Å². The van der Waals surface area contributed by atoms with Crippen LogP contribution in [0, 0.1) is 0 Å². The van der Waals surface area contributed by atoms with Crippen molar-refractivity contribution in [2.45, 2.75) is 39.3 Å². The van der Waals surface area contributed by atoms with Crippen molar-refractivity contribution >= 4 is 23.0 Å². The summed E-state index contributed by atoms with van der Waals surface area (Å²) in [6.07, 6.45) is 5.81. The molecule has 0 amide bonds. The Balaban J connectivity index is 1.68. The number of rotatable bonds is 4. The van der Waals surface area contributed by atoms with E-state index < -0.39 is 0 Å². The molecule has 27 heavy (non-hydrogen) atoms. The SMILES string of the molecule is CCc1cccc(CC)c1NC(=S)N1CCn2cccc2C1c1ccco1. The summed E-state index contributed by atoms with van der Waals surface area (Å²) in [6, 6.07) is 14.7. The number of hydrogen-bond donors (Lipinski definition) is 1. The summed E-state index contributed by atoms with van der Waals surface area (Å²) in [5, 5.41) is 4.32. The molecule has 1 N–H and O–H groups in total. The zero-order valence-electron chi connectivity index (χ0n) is 15.8. The summed E-state index contributed by atoms with van der Waals surface area (Å²) < 4.78 is 8.06. The third-order valence-electron chi connectivity index (χ3n) is 5.34. The highest BCUT2D eigenvalue weighted by atomic mass is 32.1. The molecule has 2 aromatic heterocycles. The van der Waals surface area contributed by atoms with Crippen LogP contribution < -0.4 is 5.32 Å². The van der Waals surface area contributed by atoms with E-state index in [1.807, 2.05) is 12.1 Å². The van der Waals surface area contributed by atoms with E-state index in [-0.39, 0.29) is 6.04 Å². The first-order chi connectivity index (χ1) is 13.2. The number of aryl methyl sites for hydroxylation is 2. The van der Waals surface area contributed by atoms with Gasteiger partial charge in [-0.3, -0.25) is 0 Å². The molecule has 0 aliphatic carbocycles. The van der Waals surface area contributed by atoms with E-state index in [9.17, 15) is 0 Å². The fourth-order valence-electron chi connectivity index (χ4n) is 3.93. The zero-order valence-corrected chi connectivity index (χ0v) is 16.6. The minimum atomic E-state index is -0.0115. The predicted molar refractivity (Wildman–Crippen MR) is 113 cm³/mol. The number of aromatic nitrogens is 1. The maximum Gasteiger partial charge on any atom is 0.174 e. The van der Waals surface area contributed by atoms with Gasteiger partial charge in [-0.05, 0) is 60.5 Å². The normalized spacial score (nSPS) is 16.2. The highest BCUT2D eigenvalue weighted by Gasteiger charge is 2.32. The molecular formula is C22H25N3OS. The fourth-order valence-corrected chi connectivity index (χ4v) is 4.23. The van der Waals surface area contributed by atoms with Gasteiger partial charge in [-0.1, -0.05) is 32.0 Å². The summed E-state index contributed by atoms with van der Waals surface area (Å²) >= 11 is 5.89. The molecule has 1 aliphatic heterocycles. The van der Waals surface area contributed by atoms with Crippen LogP contribution in [0.15, 0.2) is 59.3 Å². The van der Waals surface area contributed by atoms with Crippen LogP contribution in [-0.4, -0.2) is 21.1 Å². The first-order valence-corrected chi connectivity index (χ1v) is 10.0. The lowest BCUT2D eigenvalue weighted by Crippen LogP contribution is -2.44. The zero-order chi connectivity index (χ0) is 18.8. The summed E-state index contributed by atoms with van der Waals surface area (Å²) in [5.41, 5.74) is 4.96. The van der Waals surface area contributed by atoms with E-state index in [2.05, 4.69) is 65.2 Å². The number of nitrogens with zero attached hydrogens (tertiary/aromatic N) is 2. The molecule has 0 radical (unpaired) electrons. The number of anilines is 1. The number of benzene rings is 1. The van der Waals surface area contributed by atoms with Crippen LogP contribution in [0.5, 0.6) is 0 Å². The maximum atomic E-state index is 5.89. The Bertz CT molecular complexity index is 907. The number of thiocarbonyl (C=S) groups is 1. The van der Waals surface area contributed by atoms with Gasteiger partial charge in [0.2, 0.25) is 0 Å². The lowest BCUT2D eigenvalue weighted by molar-refractivity contribution is 0.261. The van der Waals surface area contributed by atoms with Crippen molar-refractivity contribution < 1.29 is 4.42 Å². The van der Waals surface area contributed by atoms with Crippen molar-refractivity contribution in [1.82, 2.24) is 9.47 Å². The van der Waals surface area contributed by atoms with E-state index in [0.29, 0.717) is 0 Å². The van der Waals surface area contributed by atoms with Gasteiger partial charge < -0.3 is 19.2 Å². The van der Waals surface area contributed by atoms with Gasteiger partial charge in [0.1, 0.15) is 11.8 Å². The van der Waals surface area contributed by atoms with Gasteiger partial charge in [0.25, 0.3) is 0 Å². The van der Waals surface area contributed by atoms with Gasteiger partial charge in [0.15, 0.2) is 5.11 Å². The quantitative estimate of drug-likeness (QED) is 0.646. The highest BCUT2D eigenvalue weighted by Crippen LogP contribution is 2.34. The largest absolute Gasteiger partial charge is 0.467 e. The second-order valence-corrected chi connectivity index (χ2v) is 7.21. The summed E-state index contributed by atoms with van der Waals surface area (Å²) in [5.74, 6) is 0.915. The molecule has 0 saturated heterocycles. The molecule has 0 bridgehead atoms. The lowest BCUT2D eigenvalue weighted by atomic mass is 10.0. The molecule has 4 rings (SSSR count). The number of para-hydroxylation sites is 1. The summed E-state index contributed by atoms with van der Waals surface area (Å²) in [7, 11) is 0. The number of furan rings is 1. The van der Waals surface area contributed by atoms with E-state index in [1.165, 1.54) is 16.8 Å². The maximum absolute atomic E-state index is 5.89. The molecule has 140 valence electrons. The van der Waals surface area contributed by atoms with Crippen LogP contribution in [-0.2, 0) is 19.4 Å². The van der Waals surface area contributed by atoms with E-state index in [1.54, 1.807) is 6.26 Å². The van der Waals surface area contributed by atoms with Crippen molar-refractivity contribution in [3.63, 3.8) is 0 Å². The third-order valence-corrected chi connectivity index (χ3v) is 5.68. The molecule has 0 saturated carbocycles. The lowest BCUT2D eigenvalue weighted by Gasteiger charge is -2.38. The molecule has 0 fully saturated rings. The Morgan fingerprint density at radius 2 is 1.85 bits per heavy atom.